The standard InChI is InChI=1S/C15H24OS/c16-15(12-17-14-10-6-7-11-14)13-8-4-2-1-3-5-9-13/h8,14H,1-7,9-12H2. The molecule has 0 atom stereocenters. The molecule has 0 unspecified atom stereocenters. The van der Waals surface area contributed by atoms with Crippen LogP contribution in [0.2, 0.25) is 0 Å². The van der Waals surface area contributed by atoms with Gasteiger partial charge in [0.2, 0.25) is 0 Å². The Morgan fingerprint density at radius 1 is 1.12 bits per heavy atom. The van der Waals surface area contributed by atoms with Crippen LogP contribution in [0.4, 0.5) is 0 Å². The summed E-state index contributed by atoms with van der Waals surface area (Å²) in [5.74, 6) is 1.15. The van der Waals surface area contributed by atoms with Gasteiger partial charge in [-0.1, -0.05) is 31.8 Å². The van der Waals surface area contributed by atoms with Gasteiger partial charge in [0.25, 0.3) is 0 Å². The van der Waals surface area contributed by atoms with E-state index in [1.54, 1.807) is 0 Å². The second-order valence-corrected chi connectivity index (χ2v) is 6.61. The molecule has 1 fully saturated rings. The van der Waals surface area contributed by atoms with Crippen LogP contribution in [0, 0.1) is 0 Å². The number of thioether (sulfide) groups is 1. The van der Waals surface area contributed by atoms with Crippen molar-refractivity contribution < 1.29 is 4.79 Å². The Bertz CT molecular complexity index is 277. The minimum Gasteiger partial charge on any atom is -0.294 e. The summed E-state index contributed by atoms with van der Waals surface area (Å²) in [6, 6.07) is 0. The first-order valence-electron chi connectivity index (χ1n) is 7.20. The molecule has 1 saturated carbocycles. The number of allylic oxidation sites excluding steroid dienone is 2. The monoisotopic (exact) mass is 252 g/mol. The Labute approximate surface area is 109 Å². The largest absolute Gasteiger partial charge is 0.294 e. The van der Waals surface area contributed by atoms with Crippen molar-refractivity contribution in [3.8, 4) is 0 Å². The van der Waals surface area contributed by atoms with Crippen LogP contribution in [0.25, 0.3) is 0 Å². The maximum absolute atomic E-state index is 12.1. The van der Waals surface area contributed by atoms with Gasteiger partial charge in [0, 0.05) is 5.25 Å². The normalized spacial score (nSPS) is 22.9. The first-order valence-corrected chi connectivity index (χ1v) is 8.25. The predicted octanol–water partition coefficient (Wildman–Crippen LogP) is 4.51. The van der Waals surface area contributed by atoms with E-state index in [0.717, 1.165) is 29.4 Å². The van der Waals surface area contributed by atoms with E-state index in [4.69, 9.17) is 0 Å². The zero-order valence-electron chi connectivity index (χ0n) is 10.7. The Morgan fingerprint density at radius 3 is 2.71 bits per heavy atom. The van der Waals surface area contributed by atoms with E-state index in [-0.39, 0.29) is 0 Å². The molecule has 0 aromatic rings. The zero-order chi connectivity index (χ0) is 11.9. The van der Waals surface area contributed by atoms with Crippen molar-refractivity contribution in [2.45, 2.75) is 69.5 Å². The lowest BCUT2D eigenvalue weighted by Gasteiger charge is -2.12. The molecular weight excluding hydrogens is 228 g/mol. The van der Waals surface area contributed by atoms with Crippen molar-refractivity contribution in [3.05, 3.63) is 11.6 Å². The van der Waals surface area contributed by atoms with Gasteiger partial charge in [0.15, 0.2) is 5.78 Å². The van der Waals surface area contributed by atoms with Crippen molar-refractivity contribution in [3.63, 3.8) is 0 Å². The van der Waals surface area contributed by atoms with Gasteiger partial charge >= 0.3 is 0 Å². The molecule has 0 bridgehead atoms. The third kappa shape index (κ3) is 4.50. The highest BCUT2D eigenvalue weighted by Gasteiger charge is 2.18. The average Bonchev–Trinajstić information content (AvgIpc) is 2.78. The maximum atomic E-state index is 12.1. The zero-order valence-corrected chi connectivity index (χ0v) is 11.6. The lowest BCUT2D eigenvalue weighted by atomic mass is 9.98. The van der Waals surface area contributed by atoms with Crippen molar-refractivity contribution in [1.29, 1.82) is 0 Å². The molecule has 0 amide bonds. The minimum absolute atomic E-state index is 0.420. The third-order valence-electron chi connectivity index (χ3n) is 3.90. The molecule has 0 aromatic heterocycles. The van der Waals surface area contributed by atoms with Crippen molar-refractivity contribution in [2.24, 2.45) is 0 Å². The number of hydrogen-bond donors (Lipinski definition) is 0. The summed E-state index contributed by atoms with van der Waals surface area (Å²) in [6.45, 7) is 0. The molecule has 0 aliphatic heterocycles. The fourth-order valence-corrected chi connectivity index (χ4v) is 4.03. The lowest BCUT2D eigenvalue weighted by Crippen LogP contribution is -2.10. The van der Waals surface area contributed by atoms with Crippen molar-refractivity contribution in [2.75, 3.05) is 5.75 Å². The number of Topliss-reactive ketones (excluding diaryl/α,β-unsaturated/α-hetero) is 1. The molecule has 2 aliphatic carbocycles. The molecule has 96 valence electrons. The van der Waals surface area contributed by atoms with E-state index in [2.05, 4.69) is 6.08 Å². The molecular formula is C15H24OS. The van der Waals surface area contributed by atoms with E-state index in [1.165, 1.54) is 51.4 Å². The van der Waals surface area contributed by atoms with Gasteiger partial charge < -0.3 is 0 Å². The summed E-state index contributed by atoms with van der Waals surface area (Å²) in [6.07, 6.45) is 14.9. The van der Waals surface area contributed by atoms with Gasteiger partial charge in [0.05, 0.1) is 5.75 Å². The quantitative estimate of drug-likeness (QED) is 0.732. The maximum Gasteiger partial charge on any atom is 0.168 e. The highest BCUT2D eigenvalue weighted by Crippen LogP contribution is 2.30. The lowest BCUT2D eigenvalue weighted by molar-refractivity contribution is -0.113. The first kappa shape index (κ1) is 13.2. The molecule has 0 heterocycles. The van der Waals surface area contributed by atoms with Crippen LogP contribution in [0.15, 0.2) is 11.6 Å². The summed E-state index contributed by atoms with van der Waals surface area (Å²) >= 11 is 1.91. The Morgan fingerprint density at radius 2 is 1.88 bits per heavy atom. The highest BCUT2D eigenvalue weighted by molar-refractivity contribution is 8.00. The van der Waals surface area contributed by atoms with Gasteiger partial charge in [0.1, 0.15) is 0 Å². The minimum atomic E-state index is 0.420. The number of rotatable bonds is 4. The van der Waals surface area contributed by atoms with E-state index < -0.39 is 0 Å². The van der Waals surface area contributed by atoms with E-state index in [9.17, 15) is 4.79 Å². The molecule has 1 nitrogen and oxygen atoms in total. The summed E-state index contributed by atoms with van der Waals surface area (Å²) in [7, 11) is 0. The summed E-state index contributed by atoms with van der Waals surface area (Å²) < 4.78 is 0. The van der Waals surface area contributed by atoms with Crippen molar-refractivity contribution >= 4 is 17.5 Å². The first-order chi connectivity index (χ1) is 8.36. The average molecular weight is 252 g/mol. The van der Waals surface area contributed by atoms with Crippen LogP contribution in [0.5, 0.6) is 0 Å². The number of hydrogen-bond acceptors (Lipinski definition) is 2. The van der Waals surface area contributed by atoms with Gasteiger partial charge in [-0.25, -0.2) is 0 Å². The van der Waals surface area contributed by atoms with Crippen LogP contribution in [0.3, 0.4) is 0 Å². The smallest absolute Gasteiger partial charge is 0.168 e. The van der Waals surface area contributed by atoms with Gasteiger partial charge in [-0.2, -0.15) is 11.8 Å². The number of ketones is 1. The molecule has 0 saturated heterocycles. The number of carbonyl (C=O) groups excluding carboxylic acids is 1. The summed E-state index contributed by atoms with van der Waals surface area (Å²) in [5, 5.41) is 0.771. The molecule has 0 aromatic carbocycles. The van der Waals surface area contributed by atoms with Crippen LogP contribution < -0.4 is 0 Å². The van der Waals surface area contributed by atoms with E-state index >= 15 is 0 Å². The fraction of sp³-hybridized carbons (Fsp3) is 0.800. The molecule has 2 aliphatic rings. The Hall–Kier alpha value is -0.240. The highest BCUT2D eigenvalue weighted by atomic mass is 32.2. The molecule has 2 rings (SSSR count). The third-order valence-corrected chi connectivity index (χ3v) is 5.27. The topological polar surface area (TPSA) is 17.1 Å². The number of carbonyl (C=O) groups is 1. The van der Waals surface area contributed by atoms with E-state index in [0.29, 0.717) is 5.78 Å². The summed E-state index contributed by atoms with van der Waals surface area (Å²) in [4.78, 5) is 12.1. The van der Waals surface area contributed by atoms with Gasteiger partial charge in [-0.3, -0.25) is 4.79 Å². The second kappa shape index (κ2) is 7.25. The van der Waals surface area contributed by atoms with E-state index in [1.807, 2.05) is 11.8 Å². The van der Waals surface area contributed by atoms with Crippen LogP contribution in [-0.2, 0) is 4.79 Å². The molecule has 2 heteroatoms. The second-order valence-electron chi connectivity index (χ2n) is 5.32. The SMILES string of the molecule is O=C(CSC1CCCC1)C1=CCCCCCC1. The Balaban J connectivity index is 1.76. The van der Waals surface area contributed by atoms with Crippen LogP contribution >= 0.6 is 11.8 Å². The van der Waals surface area contributed by atoms with Crippen molar-refractivity contribution in [1.82, 2.24) is 0 Å². The van der Waals surface area contributed by atoms with Crippen LogP contribution in [0.1, 0.15) is 64.2 Å². The molecule has 17 heavy (non-hydrogen) atoms. The van der Waals surface area contributed by atoms with Gasteiger partial charge in [-0.15, -0.1) is 0 Å². The fourth-order valence-electron chi connectivity index (χ4n) is 2.79. The molecule has 0 radical (unpaired) electrons. The van der Waals surface area contributed by atoms with Crippen LogP contribution in [-0.4, -0.2) is 16.8 Å². The predicted molar refractivity (Wildman–Crippen MR) is 75.5 cm³/mol. The molecule has 0 N–H and O–H groups in total. The Kier molecular flexibility index (Phi) is 5.63. The molecule has 0 spiro atoms. The van der Waals surface area contributed by atoms with Gasteiger partial charge in [-0.05, 0) is 44.1 Å². The summed E-state index contributed by atoms with van der Waals surface area (Å²) in [5.41, 5.74) is 1.13.